The van der Waals surface area contributed by atoms with Gasteiger partial charge in [0.2, 0.25) is 0 Å². The number of nitrogens with zero attached hydrogens (tertiary/aromatic N) is 4. The van der Waals surface area contributed by atoms with Gasteiger partial charge in [0.15, 0.2) is 0 Å². The molecular formula is C15H15FN4O4. The lowest BCUT2D eigenvalue weighted by molar-refractivity contribution is -0.141. The smallest absolute Gasteiger partial charge is 0.306 e. The first kappa shape index (κ1) is 16.1. The molecule has 1 aromatic carbocycles. The maximum absolute atomic E-state index is 14.2. The fourth-order valence-electron chi connectivity index (χ4n) is 2.56. The summed E-state index contributed by atoms with van der Waals surface area (Å²) in [4.78, 5) is 28.5. The third-order valence-electron chi connectivity index (χ3n) is 3.69. The first-order valence-electron chi connectivity index (χ1n) is 7.32. The van der Waals surface area contributed by atoms with Crippen LogP contribution < -0.4 is 0 Å². The van der Waals surface area contributed by atoms with E-state index in [0.29, 0.717) is 6.54 Å². The van der Waals surface area contributed by atoms with Crippen LogP contribution in [0.4, 0.5) is 4.39 Å². The third-order valence-corrected chi connectivity index (χ3v) is 3.69. The van der Waals surface area contributed by atoms with Gasteiger partial charge in [-0.25, -0.2) is 14.1 Å². The van der Waals surface area contributed by atoms with Crippen molar-refractivity contribution in [3.05, 3.63) is 42.2 Å². The molecule has 1 aromatic heterocycles. The lowest BCUT2D eigenvalue weighted by Crippen LogP contribution is -2.46. The maximum atomic E-state index is 14.2. The summed E-state index contributed by atoms with van der Waals surface area (Å²) in [6.07, 6.45) is 1.91. The highest BCUT2D eigenvalue weighted by Gasteiger charge is 2.27. The van der Waals surface area contributed by atoms with Crippen molar-refractivity contribution in [1.29, 1.82) is 0 Å². The van der Waals surface area contributed by atoms with Crippen molar-refractivity contribution in [2.75, 3.05) is 19.7 Å². The Morgan fingerprint density at radius 1 is 1.42 bits per heavy atom. The molecule has 1 unspecified atom stereocenters. The number of amides is 1. The molecule has 1 fully saturated rings. The molecular weight excluding hydrogens is 319 g/mol. The molecule has 2 heterocycles. The molecule has 0 saturated carbocycles. The largest absolute Gasteiger partial charge is 0.481 e. The van der Waals surface area contributed by atoms with Gasteiger partial charge in [0.05, 0.1) is 19.1 Å². The Labute approximate surface area is 136 Å². The summed E-state index contributed by atoms with van der Waals surface area (Å²) in [7, 11) is 0. The normalized spacial score (nSPS) is 17.7. The van der Waals surface area contributed by atoms with Gasteiger partial charge in [-0.15, -0.1) is 0 Å². The minimum absolute atomic E-state index is 0.164. The zero-order valence-corrected chi connectivity index (χ0v) is 12.6. The molecule has 1 atom stereocenters. The van der Waals surface area contributed by atoms with Gasteiger partial charge in [-0.1, -0.05) is 0 Å². The Bertz CT molecular complexity index is 750. The molecule has 0 spiro atoms. The zero-order chi connectivity index (χ0) is 17.1. The summed E-state index contributed by atoms with van der Waals surface area (Å²) >= 11 is 0. The number of rotatable bonds is 4. The van der Waals surface area contributed by atoms with Gasteiger partial charge in [0, 0.05) is 18.7 Å². The van der Waals surface area contributed by atoms with E-state index in [0.717, 1.165) is 6.07 Å². The predicted molar refractivity (Wildman–Crippen MR) is 79.2 cm³/mol. The molecule has 1 amide bonds. The minimum atomic E-state index is -0.988. The summed E-state index contributed by atoms with van der Waals surface area (Å²) in [6, 6.07) is 4.09. The topological polar surface area (TPSA) is 97.6 Å². The van der Waals surface area contributed by atoms with Crippen LogP contribution in [0, 0.1) is 5.82 Å². The number of halogens is 1. The molecule has 1 aliphatic heterocycles. The van der Waals surface area contributed by atoms with Crippen LogP contribution in [0.3, 0.4) is 0 Å². The number of hydrogen-bond donors (Lipinski definition) is 1. The third kappa shape index (κ3) is 3.40. The first-order chi connectivity index (χ1) is 11.5. The Balaban J connectivity index is 1.75. The maximum Gasteiger partial charge on any atom is 0.306 e. The lowest BCUT2D eigenvalue weighted by atomic mass is 10.1. The van der Waals surface area contributed by atoms with Crippen LogP contribution in [-0.4, -0.2) is 62.4 Å². The van der Waals surface area contributed by atoms with E-state index in [1.54, 1.807) is 0 Å². The van der Waals surface area contributed by atoms with Crippen molar-refractivity contribution >= 4 is 11.9 Å². The number of benzene rings is 1. The number of carboxylic acid groups (broad SMARTS) is 1. The van der Waals surface area contributed by atoms with Crippen molar-refractivity contribution in [2.24, 2.45) is 0 Å². The number of aromatic nitrogens is 3. The molecule has 1 aliphatic rings. The zero-order valence-electron chi connectivity index (χ0n) is 12.6. The molecule has 24 heavy (non-hydrogen) atoms. The second-order valence-electron chi connectivity index (χ2n) is 5.35. The van der Waals surface area contributed by atoms with Gasteiger partial charge < -0.3 is 14.7 Å². The average Bonchev–Trinajstić information content (AvgIpc) is 3.08. The lowest BCUT2D eigenvalue weighted by Gasteiger charge is -2.32. The number of aliphatic carboxylic acids is 1. The molecule has 9 heteroatoms. The number of ether oxygens (including phenoxy) is 1. The second kappa shape index (κ2) is 6.75. The molecule has 8 nitrogen and oxygen atoms in total. The highest BCUT2D eigenvalue weighted by atomic mass is 19.1. The van der Waals surface area contributed by atoms with Gasteiger partial charge in [-0.05, 0) is 18.2 Å². The fourth-order valence-corrected chi connectivity index (χ4v) is 2.56. The van der Waals surface area contributed by atoms with Crippen LogP contribution in [0.2, 0.25) is 0 Å². The number of carbonyl (C=O) groups is 2. The van der Waals surface area contributed by atoms with E-state index >= 15 is 0 Å². The standard InChI is InChI=1S/C15H15FN4O4/c16-12-5-10(1-2-13(12)20-9-17-8-18-20)15(23)19-3-4-24-11(7-19)6-14(21)22/h1-2,5,8-9,11H,3-4,6-7H2,(H,21,22). The Hall–Kier alpha value is -2.81. The first-order valence-corrected chi connectivity index (χ1v) is 7.32. The second-order valence-corrected chi connectivity index (χ2v) is 5.35. The number of carboxylic acids is 1. The number of carbonyl (C=O) groups excluding carboxylic acids is 1. The number of hydrogen-bond acceptors (Lipinski definition) is 5. The molecule has 1 saturated heterocycles. The SMILES string of the molecule is O=C(O)CC1CN(C(=O)c2ccc(-n3cncn3)c(F)c2)CCO1. The van der Waals surface area contributed by atoms with Gasteiger partial charge >= 0.3 is 5.97 Å². The summed E-state index contributed by atoms with van der Waals surface area (Å²) in [5.74, 6) is -1.95. The Morgan fingerprint density at radius 3 is 2.92 bits per heavy atom. The molecule has 0 radical (unpaired) electrons. The van der Waals surface area contributed by atoms with E-state index in [9.17, 15) is 14.0 Å². The summed E-state index contributed by atoms with van der Waals surface area (Å²) in [6.45, 7) is 0.752. The van der Waals surface area contributed by atoms with Gasteiger partial charge in [0.1, 0.15) is 24.2 Å². The van der Waals surface area contributed by atoms with Crippen molar-refractivity contribution < 1.29 is 23.8 Å². The van der Waals surface area contributed by atoms with Crippen molar-refractivity contribution in [2.45, 2.75) is 12.5 Å². The van der Waals surface area contributed by atoms with Crippen molar-refractivity contribution in [1.82, 2.24) is 19.7 Å². The Morgan fingerprint density at radius 2 is 2.25 bits per heavy atom. The van der Waals surface area contributed by atoms with Crippen molar-refractivity contribution in [3.63, 3.8) is 0 Å². The molecule has 3 rings (SSSR count). The van der Waals surface area contributed by atoms with Crippen LogP contribution in [0.25, 0.3) is 5.69 Å². The molecule has 2 aromatic rings. The monoisotopic (exact) mass is 334 g/mol. The Kier molecular flexibility index (Phi) is 4.52. The molecule has 1 N–H and O–H groups in total. The minimum Gasteiger partial charge on any atom is -0.481 e. The predicted octanol–water partition coefficient (Wildman–Crippen LogP) is 0.722. The van der Waals surface area contributed by atoms with Crippen LogP contribution in [0.15, 0.2) is 30.9 Å². The van der Waals surface area contributed by atoms with E-state index in [1.165, 1.54) is 34.4 Å². The summed E-state index contributed by atoms with van der Waals surface area (Å²) in [5.41, 5.74) is 0.377. The van der Waals surface area contributed by atoms with E-state index in [4.69, 9.17) is 9.84 Å². The van der Waals surface area contributed by atoms with Crippen LogP contribution in [0.5, 0.6) is 0 Å². The van der Waals surface area contributed by atoms with E-state index < -0.39 is 17.9 Å². The highest BCUT2D eigenvalue weighted by Crippen LogP contribution is 2.17. The van der Waals surface area contributed by atoms with Gasteiger partial charge in [-0.3, -0.25) is 9.59 Å². The molecule has 126 valence electrons. The van der Waals surface area contributed by atoms with Crippen LogP contribution in [0.1, 0.15) is 16.8 Å². The quantitative estimate of drug-likeness (QED) is 0.885. The van der Waals surface area contributed by atoms with Gasteiger partial charge in [-0.2, -0.15) is 5.10 Å². The fraction of sp³-hybridized carbons (Fsp3) is 0.333. The summed E-state index contributed by atoms with van der Waals surface area (Å²) < 4.78 is 20.8. The van der Waals surface area contributed by atoms with E-state index in [-0.39, 0.29) is 36.7 Å². The number of morpholine rings is 1. The molecule has 0 aliphatic carbocycles. The molecule has 0 bridgehead atoms. The van der Waals surface area contributed by atoms with Crippen molar-refractivity contribution in [3.8, 4) is 5.69 Å². The highest BCUT2D eigenvalue weighted by molar-refractivity contribution is 5.94. The van der Waals surface area contributed by atoms with Crippen LogP contribution in [-0.2, 0) is 9.53 Å². The summed E-state index contributed by atoms with van der Waals surface area (Å²) in [5, 5.41) is 12.7. The van der Waals surface area contributed by atoms with E-state index in [2.05, 4.69) is 10.1 Å². The average molecular weight is 334 g/mol. The van der Waals surface area contributed by atoms with Crippen LogP contribution >= 0.6 is 0 Å². The van der Waals surface area contributed by atoms with Gasteiger partial charge in [0.25, 0.3) is 5.91 Å². The van der Waals surface area contributed by atoms with E-state index in [1.807, 2.05) is 0 Å².